The molecule has 1 atom stereocenters. The quantitative estimate of drug-likeness (QED) is 0.557. The zero-order chi connectivity index (χ0) is 19.7. The maximum Gasteiger partial charge on any atom is 0.222 e. The van der Waals surface area contributed by atoms with Gasteiger partial charge in [-0.3, -0.25) is 4.79 Å². The van der Waals surface area contributed by atoms with Crippen LogP contribution in [0.5, 0.6) is 5.75 Å². The van der Waals surface area contributed by atoms with Gasteiger partial charge in [0.2, 0.25) is 5.91 Å². The van der Waals surface area contributed by atoms with Crippen molar-refractivity contribution >= 4 is 27.8 Å². The topological polar surface area (TPSA) is 61.1 Å². The molecule has 0 bridgehead atoms. The van der Waals surface area contributed by atoms with Crippen LogP contribution in [0.4, 0.5) is 0 Å². The van der Waals surface area contributed by atoms with E-state index in [1.165, 1.54) is 0 Å². The molecule has 28 heavy (non-hydrogen) atoms. The summed E-state index contributed by atoms with van der Waals surface area (Å²) in [6.07, 6.45) is 2.41. The van der Waals surface area contributed by atoms with Gasteiger partial charge in [-0.25, -0.2) is 4.98 Å². The van der Waals surface area contributed by atoms with Crippen molar-refractivity contribution in [3.63, 3.8) is 0 Å². The largest absolute Gasteiger partial charge is 0.497 e. The number of fused-ring (bicyclic) bond motifs is 2. The zero-order valence-corrected chi connectivity index (χ0v) is 16.3. The van der Waals surface area contributed by atoms with E-state index in [-0.39, 0.29) is 11.9 Å². The molecule has 4 rings (SSSR count). The highest BCUT2D eigenvalue weighted by atomic mass is 16.5. The summed E-state index contributed by atoms with van der Waals surface area (Å²) in [6.45, 7) is 2.59. The molecule has 1 N–H and O–H groups in total. The van der Waals surface area contributed by atoms with Crippen LogP contribution in [0.15, 0.2) is 54.7 Å². The first-order valence-electron chi connectivity index (χ1n) is 9.40. The standard InChI is InChI=1S/C22H24N4O2/c1-15(22-24-18-6-4-5-7-20(18)25(22)2)23-21(27)11-13-26-12-10-16-14-17(28-3)8-9-19(16)26/h4-10,12,14-15H,11,13H2,1-3H3,(H,23,27)/t15-/m0/s1. The number of aromatic nitrogens is 3. The Morgan fingerprint density at radius 2 is 2.00 bits per heavy atom. The van der Waals surface area contributed by atoms with Crippen LogP contribution in [-0.4, -0.2) is 27.1 Å². The smallest absolute Gasteiger partial charge is 0.222 e. The number of ether oxygens (including phenoxy) is 1. The van der Waals surface area contributed by atoms with E-state index in [1.807, 2.05) is 73.3 Å². The van der Waals surface area contributed by atoms with Crippen LogP contribution >= 0.6 is 0 Å². The molecule has 4 aromatic rings. The monoisotopic (exact) mass is 376 g/mol. The minimum Gasteiger partial charge on any atom is -0.497 e. The molecule has 0 aliphatic heterocycles. The summed E-state index contributed by atoms with van der Waals surface area (Å²) < 4.78 is 9.39. The number of amides is 1. The van der Waals surface area contributed by atoms with Crippen LogP contribution < -0.4 is 10.1 Å². The van der Waals surface area contributed by atoms with Gasteiger partial charge in [-0.2, -0.15) is 0 Å². The second-order valence-corrected chi connectivity index (χ2v) is 6.99. The number of aryl methyl sites for hydroxylation is 2. The fraction of sp³-hybridized carbons (Fsp3) is 0.273. The lowest BCUT2D eigenvalue weighted by molar-refractivity contribution is -0.122. The predicted octanol–water partition coefficient (Wildman–Crippen LogP) is 3.80. The molecular formula is C22H24N4O2. The third kappa shape index (κ3) is 3.33. The Hall–Kier alpha value is -3.28. The fourth-order valence-corrected chi connectivity index (χ4v) is 3.65. The van der Waals surface area contributed by atoms with Crippen LogP contribution in [0.3, 0.4) is 0 Å². The van der Waals surface area contributed by atoms with Crippen molar-refractivity contribution in [1.29, 1.82) is 0 Å². The molecule has 1 amide bonds. The average Bonchev–Trinajstić information content (AvgIpc) is 3.27. The van der Waals surface area contributed by atoms with E-state index in [0.717, 1.165) is 33.5 Å². The Kier molecular flexibility index (Phi) is 4.77. The molecule has 0 radical (unpaired) electrons. The third-order valence-electron chi connectivity index (χ3n) is 5.14. The van der Waals surface area contributed by atoms with E-state index in [9.17, 15) is 4.79 Å². The third-order valence-corrected chi connectivity index (χ3v) is 5.14. The van der Waals surface area contributed by atoms with Crippen LogP contribution in [0.2, 0.25) is 0 Å². The molecule has 0 aliphatic rings. The van der Waals surface area contributed by atoms with Crippen LogP contribution in [0.25, 0.3) is 21.9 Å². The van der Waals surface area contributed by atoms with E-state index in [4.69, 9.17) is 4.74 Å². The molecule has 0 saturated carbocycles. The highest BCUT2D eigenvalue weighted by Crippen LogP contribution is 2.22. The summed E-state index contributed by atoms with van der Waals surface area (Å²) in [6, 6.07) is 15.8. The lowest BCUT2D eigenvalue weighted by atomic mass is 10.2. The Balaban J connectivity index is 1.42. The maximum absolute atomic E-state index is 12.5. The van der Waals surface area contributed by atoms with Gasteiger partial charge in [0.05, 0.1) is 24.2 Å². The number of nitrogens with zero attached hydrogens (tertiary/aromatic N) is 3. The van der Waals surface area contributed by atoms with Gasteiger partial charge in [0.25, 0.3) is 0 Å². The molecule has 144 valence electrons. The molecule has 0 fully saturated rings. The van der Waals surface area contributed by atoms with Gasteiger partial charge in [0.15, 0.2) is 0 Å². The fourth-order valence-electron chi connectivity index (χ4n) is 3.65. The number of methoxy groups -OCH3 is 1. The highest BCUT2D eigenvalue weighted by molar-refractivity contribution is 5.82. The van der Waals surface area contributed by atoms with Crippen LogP contribution in [0, 0.1) is 0 Å². The van der Waals surface area contributed by atoms with Crippen molar-refractivity contribution < 1.29 is 9.53 Å². The second-order valence-electron chi connectivity index (χ2n) is 6.99. The number of carbonyl (C=O) groups excluding carboxylic acids is 1. The highest BCUT2D eigenvalue weighted by Gasteiger charge is 2.16. The minimum atomic E-state index is -0.157. The van der Waals surface area contributed by atoms with Crippen LogP contribution in [0.1, 0.15) is 25.2 Å². The average molecular weight is 376 g/mol. The predicted molar refractivity (Wildman–Crippen MR) is 110 cm³/mol. The number of hydrogen-bond acceptors (Lipinski definition) is 3. The summed E-state index contributed by atoms with van der Waals surface area (Å²) in [5, 5.41) is 4.18. The SMILES string of the molecule is COc1ccc2c(ccn2CCC(=O)N[C@@H](C)c2nc3ccccc3n2C)c1. The lowest BCUT2D eigenvalue weighted by Gasteiger charge is -2.14. The summed E-state index contributed by atoms with van der Waals surface area (Å²) in [4.78, 5) is 17.2. The summed E-state index contributed by atoms with van der Waals surface area (Å²) >= 11 is 0. The van der Waals surface area contributed by atoms with Crippen molar-refractivity contribution in [2.75, 3.05) is 7.11 Å². The summed E-state index contributed by atoms with van der Waals surface area (Å²) in [7, 11) is 3.64. The number of benzene rings is 2. The summed E-state index contributed by atoms with van der Waals surface area (Å²) in [5.74, 6) is 1.70. The van der Waals surface area contributed by atoms with E-state index in [0.29, 0.717) is 13.0 Å². The van der Waals surface area contributed by atoms with Gasteiger partial charge in [0, 0.05) is 37.1 Å². The Morgan fingerprint density at radius 1 is 1.18 bits per heavy atom. The van der Waals surface area contributed by atoms with Gasteiger partial charge in [0.1, 0.15) is 11.6 Å². The van der Waals surface area contributed by atoms with Crippen molar-refractivity contribution in [2.45, 2.75) is 25.9 Å². The van der Waals surface area contributed by atoms with Crippen molar-refractivity contribution in [2.24, 2.45) is 7.05 Å². The number of carbonyl (C=O) groups is 1. The first-order valence-corrected chi connectivity index (χ1v) is 9.40. The van der Waals surface area contributed by atoms with E-state index < -0.39 is 0 Å². The van der Waals surface area contributed by atoms with E-state index in [2.05, 4.69) is 14.9 Å². The number of para-hydroxylation sites is 2. The van der Waals surface area contributed by atoms with Crippen molar-refractivity contribution in [3.8, 4) is 5.75 Å². The minimum absolute atomic E-state index is 0.00918. The molecule has 6 heteroatoms. The Morgan fingerprint density at radius 3 is 2.79 bits per heavy atom. The molecule has 0 unspecified atom stereocenters. The first-order chi connectivity index (χ1) is 13.6. The zero-order valence-electron chi connectivity index (χ0n) is 16.3. The normalized spacial score (nSPS) is 12.4. The molecule has 6 nitrogen and oxygen atoms in total. The van der Waals surface area contributed by atoms with Crippen molar-refractivity contribution in [1.82, 2.24) is 19.4 Å². The Labute approximate surface area is 163 Å². The van der Waals surface area contributed by atoms with Crippen molar-refractivity contribution in [3.05, 3.63) is 60.6 Å². The van der Waals surface area contributed by atoms with E-state index in [1.54, 1.807) is 7.11 Å². The number of hydrogen-bond donors (Lipinski definition) is 1. The molecule has 2 aromatic heterocycles. The number of imidazole rings is 1. The molecule has 0 spiro atoms. The molecule has 0 aliphatic carbocycles. The lowest BCUT2D eigenvalue weighted by Crippen LogP contribution is -2.29. The molecular weight excluding hydrogens is 352 g/mol. The molecule has 0 saturated heterocycles. The van der Waals surface area contributed by atoms with Crippen LogP contribution in [-0.2, 0) is 18.4 Å². The second kappa shape index (κ2) is 7.38. The first kappa shape index (κ1) is 18.1. The maximum atomic E-state index is 12.5. The van der Waals surface area contributed by atoms with Gasteiger partial charge in [-0.15, -0.1) is 0 Å². The molecule has 2 aromatic carbocycles. The summed E-state index contributed by atoms with van der Waals surface area (Å²) in [5.41, 5.74) is 3.10. The number of nitrogens with one attached hydrogen (secondary N) is 1. The van der Waals surface area contributed by atoms with Gasteiger partial charge >= 0.3 is 0 Å². The van der Waals surface area contributed by atoms with Gasteiger partial charge in [-0.05, 0) is 43.3 Å². The number of rotatable bonds is 6. The van der Waals surface area contributed by atoms with Gasteiger partial charge in [-0.1, -0.05) is 12.1 Å². The Bertz CT molecular complexity index is 1140. The van der Waals surface area contributed by atoms with Gasteiger partial charge < -0.3 is 19.2 Å². The van der Waals surface area contributed by atoms with E-state index >= 15 is 0 Å². The molecule has 2 heterocycles.